The molecule has 17 heavy (non-hydrogen) atoms. The molecule has 0 aliphatic carbocycles. The normalized spacial score (nSPS) is 17.1. The van der Waals surface area contributed by atoms with Gasteiger partial charge in [0.1, 0.15) is 5.75 Å². The number of piperidine rings is 1. The van der Waals surface area contributed by atoms with Crippen molar-refractivity contribution >= 4 is 11.6 Å². The molecule has 1 aliphatic rings. The van der Waals surface area contributed by atoms with Crippen LogP contribution in [0.25, 0.3) is 0 Å². The first-order valence-electron chi connectivity index (χ1n) is 6.26. The van der Waals surface area contributed by atoms with E-state index in [9.17, 15) is 0 Å². The largest absolute Gasteiger partial charge is 0.496 e. The van der Waals surface area contributed by atoms with Crippen LogP contribution in [0.3, 0.4) is 0 Å². The molecule has 0 bridgehead atoms. The molecule has 0 amide bonds. The average molecular weight is 254 g/mol. The zero-order valence-corrected chi connectivity index (χ0v) is 11.4. The number of halogens is 1. The van der Waals surface area contributed by atoms with Gasteiger partial charge in [-0.25, -0.2) is 0 Å². The van der Waals surface area contributed by atoms with Crippen molar-refractivity contribution in [1.29, 1.82) is 0 Å². The lowest BCUT2D eigenvalue weighted by atomic mass is 10.1. The number of likely N-dealkylation sites (tertiary alicyclic amines) is 1. The third-order valence-corrected chi connectivity index (χ3v) is 3.81. The number of rotatable bonds is 3. The van der Waals surface area contributed by atoms with Gasteiger partial charge in [-0.1, -0.05) is 18.0 Å². The van der Waals surface area contributed by atoms with Crippen LogP contribution in [0.4, 0.5) is 0 Å². The van der Waals surface area contributed by atoms with Gasteiger partial charge in [0.2, 0.25) is 0 Å². The smallest absolute Gasteiger partial charge is 0.123 e. The maximum atomic E-state index is 6.19. The van der Waals surface area contributed by atoms with Gasteiger partial charge in [-0.05, 0) is 50.6 Å². The minimum Gasteiger partial charge on any atom is -0.496 e. The molecule has 0 spiro atoms. The van der Waals surface area contributed by atoms with Crippen molar-refractivity contribution in [3.8, 4) is 5.75 Å². The summed E-state index contributed by atoms with van der Waals surface area (Å²) in [6.45, 7) is 5.34. The lowest BCUT2D eigenvalue weighted by molar-refractivity contribution is 0.218. The van der Waals surface area contributed by atoms with Crippen molar-refractivity contribution in [3.05, 3.63) is 28.3 Å². The van der Waals surface area contributed by atoms with Crippen LogP contribution in [-0.4, -0.2) is 25.1 Å². The monoisotopic (exact) mass is 253 g/mol. The first kappa shape index (κ1) is 12.7. The minimum atomic E-state index is 0.831. The zero-order chi connectivity index (χ0) is 12.3. The summed E-state index contributed by atoms with van der Waals surface area (Å²) in [6.07, 6.45) is 3.98. The highest BCUT2D eigenvalue weighted by Gasteiger charge is 2.14. The van der Waals surface area contributed by atoms with E-state index in [1.807, 2.05) is 19.1 Å². The molecule has 0 unspecified atom stereocenters. The highest BCUT2D eigenvalue weighted by atomic mass is 35.5. The van der Waals surface area contributed by atoms with Crippen LogP contribution in [0.5, 0.6) is 5.75 Å². The van der Waals surface area contributed by atoms with Crippen molar-refractivity contribution in [2.24, 2.45) is 0 Å². The number of methoxy groups -OCH3 is 1. The van der Waals surface area contributed by atoms with Crippen molar-refractivity contribution in [2.45, 2.75) is 32.7 Å². The van der Waals surface area contributed by atoms with Crippen LogP contribution >= 0.6 is 11.6 Å². The molecule has 1 aromatic carbocycles. The zero-order valence-electron chi connectivity index (χ0n) is 10.6. The molecular weight excluding hydrogens is 234 g/mol. The second kappa shape index (κ2) is 5.74. The van der Waals surface area contributed by atoms with Gasteiger partial charge in [0.25, 0.3) is 0 Å². The Morgan fingerprint density at radius 1 is 1.24 bits per heavy atom. The number of nitrogens with zero attached hydrogens (tertiary/aromatic N) is 1. The van der Waals surface area contributed by atoms with Gasteiger partial charge in [-0.3, -0.25) is 4.90 Å². The van der Waals surface area contributed by atoms with Crippen molar-refractivity contribution < 1.29 is 4.74 Å². The predicted octanol–water partition coefficient (Wildman–Crippen LogP) is 3.64. The van der Waals surface area contributed by atoms with Crippen LogP contribution < -0.4 is 4.74 Å². The highest BCUT2D eigenvalue weighted by molar-refractivity contribution is 6.31. The van der Waals surface area contributed by atoms with E-state index in [0.29, 0.717) is 0 Å². The lowest BCUT2D eigenvalue weighted by Crippen LogP contribution is -2.29. The molecule has 94 valence electrons. The molecule has 1 aromatic rings. The van der Waals surface area contributed by atoms with Gasteiger partial charge in [0, 0.05) is 17.1 Å². The Morgan fingerprint density at radius 3 is 2.59 bits per heavy atom. The fourth-order valence-corrected chi connectivity index (χ4v) is 2.55. The molecule has 3 heteroatoms. The standard InChI is InChI=1S/C14H20ClNO/c1-11-8-14(17-2)12(9-13(11)15)10-16-6-4-3-5-7-16/h8-9H,3-7,10H2,1-2H3. The molecule has 0 aromatic heterocycles. The Bertz CT molecular complexity index is 386. The molecule has 1 aliphatic heterocycles. The van der Waals surface area contributed by atoms with Crippen molar-refractivity contribution in [2.75, 3.05) is 20.2 Å². The van der Waals surface area contributed by atoms with E-state index in [1.54, 1.807) is 7.11 Å². The lowest BCUT2D eigenvalue weighted by Gasteiger charge is -2.27. The summed E-state index contributed by atoms with van der Waals surface area (Å²) in [7, 11) is 1.72. The first-order chi connectivity index (χ1) is 8.20. The third-order valence-electron chi connectivity index (χ3n) is 3.40. The van der Waals surface area contributed by atoms with Crippen LogP contribution in [0.15, 0.2) is 12.1 Å². The SMILES string of the molecule is COc1cc(C)c(Cl)cc1CN1CCCCC1. The number of aryl methyl sites for hydroxylation is 1. The van der Waals surface area contributed by atoms with Crippen molar-refractivity contribution in [1.82, 2.24) is 4.90 Å². The molecule has 1 heterocycles. The van der Waals surface area contributed by atoms with Gasteiger partial charge < -0.3 is 4.74 Å². The number of ether oxygens (including phenoxy) is 1. The summed E-state index contributed by atoms with van der Waals surface area (Å²) in [5, 5.41) is 0.831. The molecule has 2 rings (SSSR count). The Kier molecular flexibility index (Phi) is 4.30. The maximum absolute atomic E-state index is 6.19. The van der Waals surface area contributed by atoms with E-state index in [-0.39, 0.29) is 0 Å². The van der Waals surface area contributed by atoms with E-state index in [2.05, 4.69) is 4.90 Å². The van der Waals surface area contributed by atoms with Crippen LogP contribution in [0.2, 0.25) is 5.02 Å². The van der Waals surface area contributed by atoms with Gasteiger partial charge >= 0.3 is 0 Å². The maximum Gasteiger partial charge on any atom is 0.123 e. The summed E-state index contributed by atoms with van der Waals surface area (Å²) >= 11 is 6.19. The average Bonchev–Trinajstić information content (AvgIpc) is 2.35. The van der Waals surface area contributed by atoms with Gasteiger partial charge in [0.15, 0.2) is 0 Å². The second-order valence-corrected chi connectivity index (χ2v) is 5.16. The van der Waals surface area contributed by atoms with Crippen LogP contribution in [-0.2, 0) is 6.54 Å². The molecule has 0 radical (unpaired) electrons. The van der Waals surface area contributed by atoms with Crippen LogP contribution in [0.1, 0.15) is 30.4 Å². The van der Waals surface area contributed by atoms with Crippen LogP contribution in [0, 0.1) is 6.92 Å². The quantitative estimate of drug-likeness (QED) is 0.816. The molecule has 1 fully saturated rings. The Morgan fingerprint density at radius 2 is 1.94 bits per heavy atom. The van der Waals surface area contributed by atoms with Gasteiger partial charge in [-0.15, -0.1) is 0 Å². The van der Waals surface area contributed by atoms with E-state index in [4.69, 9.17) is 16.3 Å². The second-order valence-electron chi connectivity index (χ2n) is 4.75. The minimum absolute atomic E-state index is 0.831. The Labute approximate surface area is 109 Å². The fourth-order valence-electron chi connectivity index (χ4n) is 2.37. The molecule has 2 nitrogen and oxygen atoms in total. The summed E-state index contributed by atoms with van der Waals surface area (Å²) in [5.74, 6) is 0.956. The summed E-state index contributed by atoms with van der Waals surface area (Å²) in [5.41, 5.74) is 2.27. The summed E-state index contributed by atoms with van der Waals surface area (Å²) in [4.78, 5) is 2.48. The summed E-state index contributed by atoms with van der Waals surface area (Å²) < 4.78 is 5.44. The van der Waals surface area contributed by atoms with E-state index >= 15 is 0 Å². The highest BCUT2D eigenvalue weighted by Crippen LogP contribution is 2.28. The molecule has 0 saturated carbocycles. The summed E-state index contributed by atoms with van der Waals surface area (Å²) in [6, 6.07) is 4.08. The van der Waals surface area contributed by atoms with Gasteiger partial charge in [-0.2, -0.15) is 0 Å². The number of benzene rings is 1. The molecule has 0 N–H and O–H groups in total. The van der Waals surface area contributed by atoms with E-state index < -0.39 is 0 Å². The third kappa shape index (κ3) is 3.14. The Balaban J connectivity index is 2.15. The predicted molar refractivity (Wildman–Crippen MR) is 71.9 cm³/mol. The fraction of sp³-hybridized carbons (Fsp3) is 0.571. The topological polar surface area (TPSA) is 12.5 Å². The van der Waals surface area contributed by atoms with Gasteiger partial charge in [0.05, 0.1) is 7.11 Å². The first-order valence-corrected chi connectivity index (χ1v) is 6.64. The molecule has 0 atom stereocenters. The van der Waals surface area contributed by atoms with E-state index in [1.165, 1.54) is 37.9 Å². The van der Waals surface area contributed by atoms with E-state index in [0.717, 1.165) is 22.9 Å². The number of hydrogen-bond donors (Lipinski definition) is 0. The molecular formula is C14H20ClNO. The van der Waals surface area contributed by atoms with Crippen molar-refractivity contribution in [3.63, 3.8) is 0 Å². The molecule has 1 saturated heterocycles. The number of hydrogen-bond acceptors (Lipinski definition) is 2. The Hall–Kier alpha value is -0.730.